The van der Waals surface area contributed by atoms with E-state index >= 15 is 0 Å². The van der Waals surface area contributed by atoms with Gasteiger partial charge in [-0.2, -0.15) is 0 Å². The molecule has 2 atom stereocenters. The molecule has 0 saturated heterocycles. The van der Waals surface area contributed by atoms with E-state index in [1.807, 2.05) is 12.1 Å². The molecular weight excluding hydrogens is 299 g/mol. The number of pyridine rings is 1. The highest BCUT2D eigenvalue weighted by molar-refractivity contribution is 6.30. The Morgan fingerprint density at radius 3 is 2.82 bits per heavy atom. The van der Waals surface area contributed by atoms with Gasteiger partial charge in [0.05, 0.1) is 11.2 Å². The molecule has 0 amide bonds. The van der Waals surface area contributed by atoms with E-state index in [0.29, 0.717) is 11.6 Å². The van der Waals surface area contributed by atoms with Gasteiger partial charge in [0.15, 0.2) is 0 Å². The van der Waals surface area contributed by atoms with Gasteiger partial charge in [-0.25, -0.2) is 9.37 Å². The molecule has 0 aromatic carbocycles. The molecule has 0 bridgehead atoms. The van der Waals surface area contributed by atoms with Crippen molar-refractivity contribution in [3.8, 4) is 0 Å². The summed E-state index contributed by atoms with van der Waals surface area (Å²) in [6.45, 7) is 0. The highest BCUT2D eigenvalue weighted by atomic mass is 35.5. The number of aryl methyl sites for hydroxylation is 2. The second-order valence-corrected chi connectivity index (χ2v) is 6.89. The second kappa shape index (κ2) is 5.38. The van der Waals surface area contributed by atoms with E-state index in [9.17, 15) is 4.39 Å². The molecule has 2 nitrogen and oxygen atoms in total. The number of hydrogen-bond acceptors (Lipinski definition) is 1. The summed E-state index contributed by atoms with van der Waals surface area (Å²) in [6.07, 6.45) is 8.95. The molecule has 2 aromatic rings. The molecule has 0 fully saturated rings. The van der Waals surface area contributed by atoms with Crippen LogP contribution in [0.25, 0.3) is 10.9 Å². The van der Waals surface area contributed by atoms with E-state index in [4.69, 9.17) is 11.6 Å². The van der Waals surface area contributed by atoms with E-state index in [0.717, 1.165) is 25.0 Å². The van der Waals surface area contributed by atoms with Crippen LogP contribution in [0.3, 0.4) is 0 Å². The Kier molecular flexibility index (Phi) is 3.48. The molecule has 4 rings (SSSR count). The maximum absolute atomic E-state index is 13.4. The average Bonchev–Trinajstić information content (AvgIpc) is 2.81. The molecule has 2 aromatic heterocycles. The molecule has 0 saturated carbocycles. The van der Waals surface area contributed by atoms with E-state index < -0.39 is 6.17 Å². The zero-order chi connectivity index (χ0) is 15.3. The van der Waals surface area contributed by atoms with Crippen molar-refractivity contribution >= 4 is 22.5 Å². The lowest BCUT2D eigenvalue weighted by Gasteiger charge is -2.19. The van der Waals surface area contributed by atoms with Crippen LogP contribution < -0.4 is 0 Å². The lowest BCUT2D eigenvalue weighted by molar-refractivity contribution is 0.352. The Balaban J connectivity index is 1.95. The minimum absolute atomic E-state index is 0.170. The third-order valence-corrected chi connectivity index (χ3v) is 5.34. The van der Waals surface area contributed by atoms with E-state index in [1.165, 1.54) is 35.0 Å². The van der Waals surface area contributed by atoms with Gasteiger partial charge >= 0.3 is 0 Å². The van der Waals surface area contributed by atoms with Crippen LogP contribution in [-0.4, -0.2) is 15.7 Å². The molecule has 0 radical (unpaired) electrons. The first kappa shape index (κ1) is 14.3. The summed E-state index contributed by atoms with van der Waals surface area (Å²) in [5.74, 6) is 0.170. The molecule has 0 N–H and O–H groups in total. The molecule has 22 heavy (non-hydrogen) atoms. The highest BCUT2D eigenvalue weighted by Gasteiger charge is 2.26. The summed E-state index contributed by atoms with van der Waals surface area (Å²) < 4.78 is 15.7. The third-order valence-electron chi connectivity index (χ3n) is 5.15. The van der Waals surface area contributed by atoms with E-state index in [1.54, 1.807) is 6.08 Å². The zero-order valence-corrected chi connectivity index (χ0v) is 13.5. The van der Waals surface area contributed by atoms with Crippen molar-refractivity contribution in [2.45, 2.75) is 50.6 Å². The zero-order valence-electron chi connectivity index (χ0n) is 12.8. The average molecular weight is 319 g/mol. The number of aromatic nitrogens is 2. The Bertz CT molecular complexity index is 762. The Labute approximate surface area is 135 Å². The Morgan fingerprint density at radius 1 is 1.23 bits per heavy atom. The monoisotopic (exact) mass is 318 g/mol. The molecular formula is C18H20ClFN2. The van der Waals surface area contributed by atoms with Crippen LogP contribution in [0.15, 0.2) is 18.2 Å². The number of nitrogens with zero attached hydrogens (tertiary/aromatic N) is 2. The van der Waals surface area contributed by atoms with Crippen molar-refractivity contribution < 1.29 is 4.39 Å². The van der Waals surface area contributed by atoms with Gasteiger partial charge in [0.2, 0.25) is 0 Å². The van der Waals surface area contributed by atoms with Crippen molar-refractivity contribution in [3.05, 3.63) is 40.3 Å². The van der Waals surface area contributed by atoms with Gasteiger partial charge < -0.3 is 4.57 Å². The number of halogens is 2. The topological polar surface area (TPSA) is 17.8 Å². The molecule has 2 aliphatic carbocycles. The summed E-state index contributed by atoms with van der Waals surface area (Å²) in [4.78, 5) is 4.63. The number of hydrogen-bond donors (Lipinski definition) is 0. The molecule has 0 spiro atoms. The predicted octanol–water partition coefficient (Wildman–Crippen LogP) is 4.88. The van der Waals surface area contributed by atoms with Gasteiger partial charge in [-0.05, 0) is 50.2 Å². The van der Waals surface area contributed by atoms with E-state index in [2.05, 4.69) is 16.6 Å². The van der Waals surface area contributed by atoms with Crippen LogP contribution in [0.4, 0.5) is 4.39 Å². The molecule has 0 unspecified atom stereocenters. The van der Waals surface area contributed by atoms with Crippen LogP contribution in [-0.2, 0) is 19.9 Å². The number of alkyl halides is 1. The number of allylic oxidation sites excluding steroid dienone is 2. The van der Waals surface area contributed by atoms with Crippen LogP contribution in [0.5, 0.6) is 0 Å². The molecule has 116 valence electrons. The molecule has 4 heteroatoms. The minimum atomic E-state index is -0.812. The fraction of sp³-hybridized carbons (Fsp3) is 0.500. The van der Waals surface area contributed by atoms with Crippen molar-refractivity contribution in [3.63, 3.8) is 0 Å². The van der Waals surface area contributed by atoms with Crippen LogP contribution in [0, 0.1) is 0 Å². The fourth-order valence-electron chi connectivity index (χ4n) is 4.07. The standard InChI is InChI=1S/C18H20ClFN2/c1-22-15-5-3-2-4-13(15)14-10-16(19)21-17(18(14)22)11-6-8-12(20)9-7-11/h6,8,10-12H,2-5,7,9H2,1H3/t11-,12+/m0/s1. The molecule has 0 aliphatic heterocycles. The number of fused-ring (bicyclic) bond motifs is 3. The van der Waals surface area contributed by atoms with Crippen LogP contribution >= 0.6 is 11.6 Å². The Hall–Kier alpha value is -1.35. The summed E-state index contributed by atoms with van der Waals surface area (Å²) in [6, 6.07) is 2.01. The summed E-state index contributed by atoms with van der Waals surface area (Å²) in [5, 5.41) is 1.81. The minimum Gasteiger partial charge on any atom is -0.346 e. The van der Waals surface area contributed by atoms with Crippen molar-refractivity contribution in [2.75, 3.05) is 0 Å². The first-order valence-electron chi connectivity index (χ1n) is 8.14. The lowest BCUT2D eigenvalue weighted by Crippen LogP contribution is -2.11. The van der Waals surface area contributed by atoms with Crippen LogP contribution in [0.1, 0.15) is 48.6 Å². The largest absolute Gasteiger partial charge is 0.346 e. The van der Waals surface area contributed by atoms with Gasteiger partial charge in [0.25, 0.3) is 0 Å². The van der Waals surface area contributed by atoms with Crippen molar-refractivity contribution in [2.24, 2.45) is 7.05 Å². The van der Waals surface area contributed by atoms with Gasteiger partial charge in [-0.15, -0.1) is 0 Å². The van der Waals surface area contributed by atoms with Gasteiger partial charge in [-0.3, -0.25) is 0 Å². The first-order valence-corrected chi connectivity index (χ1v) is 8.52. The summed E-state index contributed by atoms with van der Waals surface area (Å²) in [7, 11) is 2.13. The van der Waals surface area contributed by atoms with Gasteiger partial charge in [0.1, 0.15) is 11.3 Å². The quantitative estimate of drug-likeness (QED) is 0.541. The van der Waals surface area contributed by atoms with Crippen LogP contribution in [0.2, 0.25) is 5.15 Å². The van der Waals surface area contributed by atoms with Gasteiger partial charge in [-0.1, -0.05) is 23.8 Å². The maximum Gasteiger partial charge on any atom is 0.130 e. The maximum atomic E-state index is 13.4. The molecule has 2 aliphatic rings. The second-order valence-electron chi connectivity index (χ2n) is 6.50. The van der Waals surface area contributed by atoms with Gasteiger partial charge in [0, 0.05) is 24.0 Å². The van der Waals surface area contributed by atoms with Crippen molar-refractivity contribution in [1.82, 2.24) is 9.55 Å². The Morgan fingerprint density at radius 2 is 2.05 bits per heavy atom. The lowest BCUT2D eigenvalue weighted by atomic mass is 9.90. The number of rotatable bonds is 1. The first-order chi connectivity index (χ1) is 10.6. The fourth-order valence-corrected chi connectivity index (χ4v) is 4.27. The van der Waals surface area contributed by atoms with E-state index in [-0.39, 0.29) is 5.92 Å². The normalized spacial score (nSPS) is 24.7. The summed E-state index contributed by atoms with van der Waals surface area (Å²) >= 11 is 6.30. The van der Waals surface area contributed by atoms with Crippen molar-refractivity contribution in [1.29, 1.82) is 0 Å². The summed E-state index contributed by atoms with van der Waals surface area (Å²) in [5.41, 5.74) is 5.08. The smallest absolute Gasteiger partial charge is 0.130 e. The predicted molar refractivity (Wildman–Crippen MR) is 88.4 cm³/mol. The SMILES string of the molecule is Cn1c2c(c3cc(Cl)nc([C@H]4C=C[C@@H](F)CC4)c31)CCCC2. The third kappa shape index (κ3) is 2.18. The molecule has 2 heterocycles. The highest BCUT2D eigenvalue weighted by Crippen LogP contribution is 2.38.